The summed E-state index contributed by atoms with van der Waals surface area (Å²) in [6.07, 6.45) is 0. The van der Waals surface area contributed by atoms with E-state index in [0.29, 0.717) is 31.2 Å². The molecule has 0 aliphatic carbocycles. The van der Waals surface area contributed by atoms with Crippen LogP contribution in [0.4, 0.5) is 16.5 Å². The average molecular weight is 392 g/mol. The van der Waals surface area contributed by atoms with Gasteiger partial charge in [0.25, 0.3) is 0 Å². The van der Waals surface area contributed by atoms with Crippen LogP contribution >= 0.6 is 23.1 Å². The lowest BCUT2D eigenvalue weighted by Crippen LogP contribution is -2.05. The molecular formula is C18H12N6OS2. The SMILES string of the molecule is CC(=O)Nc1cccc(Nc2nnc(Sc3c(C#N)cccc3C#N)s2)c1. The third kappa shape index (κ3) is 4.61. The lowest BCUT2D eigenvalue weighted by molar-refractivity contribution is -0.114. The maximum absolute atomic E-state index is 11.2. The number of anilines is 3. The largest absolute Gasteiger partial charge is 0.330 e. The predicted octanol–water partition coefficient (Wildman–Crippen LogP) is 4.13. The summed E-state index contributed by atoms with van der Waals surface area (Å²) >= 11 is 2.54. The van der Waals surface area contributed by atoms with Crippen molar-refractivity contribution in [1.29, 1.82) is 10.5 Å². The van der Waals surface area contributed by atoms with Gasteiger partial charge in [-0.25, -0.2) is 0 Å². The van der Waals surface area contributed by atoms with Gasteiger partial charge in [-0.1, -0.05) is 35.2 Å². The van der Waals surface area contributed by atoms with E-state index >= 15 is 0 Å². The molecule has 9 heteroatoms. The zero-order valence-electron chi connectivity index (χ0n) is 14.1. The number of hydrogen-bond acceptors (Lipinski definition) is 8. The summed E-state index contributed by atoms with van der Waals surface area (Å²) in [6, 6.07) is 16.4. The molecule has 0 radical (unpaired) electrons. The second-order valence-corrected chi connectivity index (χ2v) is 7.50. The Hall–Kier alpha value is -3.40. The van der Waals surface area contributed by atoms with Crippen molar-refractivity contribution in [2.45, 2.75) is 16.2 Å². The molecule has 0 aliphatic heterocycles. The number of benzene rings is 2. The van der Waals surface area contributed by atoms with Crippen molar-refractivity contribution >= 4 is 45.5 Å². The van der Waals surface area contributed by atoms with Crippen LogP contribution in [0.5, 0.6) is 0 Å². The van der Waals surface area contributed by atoms with Crippen molar-refractivity contribution in [3.8, 4) is 12.1 Å². The quantitative estimate of drug-likeness (QED) is 0.670. The molecule has 7 nitrogen and oxygen atoms in total. The van der Waals surface area contributed by atoms with Gasteiger partial charge in [0.1, 0.15) is 12.1 Å². The third-order valence-electron chi connectivity index (χ3n) is 3.29. The average Bonchev–Trinajstić information content (AvgIpc) is 3.08. The number of carbonyl (C=O) groups is 1. The summed E-state index contributed by atoms with van der Waals surface area (Å²) in [5, 5.41) is 33.1. The summed E-state index contributed by atoms with van der Waals surface area (Å²) in [5.74, 6) is -0.147. The molecule has 0 atom stereocenters. The first-order chi connectivity index (χ1) is 13.1. The van der Waals surface area contributed by atoms with Crippen LogP contribution in [-0.2, 0) is 4.79 Å². The molecular weight excluding hydrogens is 380 g/mol. The Kier molecular flexibility index (Phi) is 5.67. The van der Waals surface area contributed by atoms with E-state index < -0.39 is 0 Å². The van der Waals surface area contributed by atoms with Gasteiger partial charge in [0, 0.05) is 18.3 Å². The molecule has 1 heterocycles. The van der Waals surface area contributed by atoms with Crippen molar-refractivity contribution in [3.05, 3.63) is 53.6 Å². The van der Waals surface area contributed by atoms with Gasteiger partial charge in [0.05, 0.1) is 16.0 Å². The zero-order chi connectivity index (χ0) is 19.2. The topological polar surface area (TPSA) is 114 Å². The third-order valence-corrected chi connectivity index (χ3v) is 5.32. The van der Waals surface area contributed by atoms with Crippen molar-refractivity contribution in [1.82, 2.24) is 10.2 Å². The van der Waals surface area contributed by atoms with Crippen molar-refractivity contribution in [3.63, 3.8) is 0 Å². The van der Waals surface area contributed by atoms with Gasteiger partial charge < -0.3 is 10.6 Å². The van der Waals surface area contributed by atoms with Crippen LogP contribution < -0.4 is 10.6 Å². The van der Waals surface area contributed by atoms with Crippen molar-refractivity contribution in [2.24, 2.45) is 0 Å². The van der Waals surface area contributed by atoms with Gasteiger partial charge in [-0.3, -0.25) is 4.79 Å². The minimum absolute atomic E-state index is 0.147. The Bertz CT molecular complexity index is 1050. The van der Waals surface area contributed by atoms with E-state index in [9.17, 15) is 15.3 Å². The molecule has 27 heavy (non-hydrogen) atoms. The van der Waals surface area contributed by atoms with E-state index in [2.05, 4.69) is 33.0 Å². The fourth-order valence-corrected chi connectivity index (χ4v) is 4.07. The number of amides is 1. The number of nitrogens with zero attached hydrogens (tertiary/aromatic N) is 4. The van der Waals surface area contributed by atoms with Crippen molar-refractivity contribution in [2.75, 3.05) is 10.6 Å². The van der Waals surface area contributed by atoms with Crippen LogP contribution in [0.1, 0.15) is 18.1 Å². The predicted molar refractivity (Wildman–Crippen MR) is 104 cm³/mol. The Labute approximate surface area is 163 Å². The van der Waals surface area contributed by atoms with Crippen LogP contribution in [0.15, 0.2) is 51.7 Å². The van der Waals surface area contributed by atoms with E-state index in [1.54, 1.807) is 30.3 Å². The van der Waals surface area contributed by atoms with Crippen LogP contribution in [-0.4, -0.2) is 16.1 Å². The number of rotatable bonds is 5. The highest BCUT2D eigenvalue weighted by molar-refractivity contribution is 8.01. The second kappa shape index (κ2) is 8.32. The lowest BCUT2D eigenvalue weighted by atomic mass is 10.1. The summed E-state index contributed by atoms with van der Waals surface area (Å²) < 4.78 is 0.606. The summed E-state index contributed by atoms with van der Waals surface area (Å²) in [7, 11) is 0. The number of carbonyl (C=O) groups excluding carboxylic acids is 1. The number of nitrogens with one attached hydrogen (secondary N) is 2. The maximum Gasteiger partial charge on any atom is 0.221 e. The van der Waals surface area contributed by atoms with E-state index in [4.69, 9.17) is 0 Å². The minimum atomic E-state index is -0.147. The zero-order valence-corrected chi connectivity index (χ0v) is 15.7. The molecule has 3 aromatic rings. The smallest absolute Gasteiger partial charge is 0.221 e. The molecule has 1 aromatic heterocycles. The van der Waals surface area contributed by atoms with Crippen LogP contribution in [0.25, 0.3) is 0 Å². The lowest BCUT2D eigenvalue weighted by Gasteiger charge is -2.05. The standard InChI is InChI=1S/C18H12N6OS2/c1-11(25)21-14-6-3-7-15(8-14)22-17-23-24-18(27-17)26-16-12(9-19)4-2-5-13(16)10-20/h2-8H,1H3,(H,21,25)(H,22,23). The van der Waals surface area contributed by atoms with Gasteiger partial charge in [-0.05, 0) is 30.3 Å². The van der Waals surface area contributed by atoms with Gasteiger partial charge in [-0.15, -0.1) is 10.2 Å². The van der Waals surface area contributed by atoms with Crippen LogP contribution in [0.3, 0.4) is 0 Å². The molecule has 0 bridgehead atoms. The van der Waals surface area contributed by atoms with E-state index in [1.807, 2.05) is 12.1 Å². The Morgan fingerprint density at radius 3 is 2.41 bits per heavy atom. The first-order valence-electron chi connectivity index (χ1n) is 7.68. The molecule has 0 saturated heterocycles. The molecule has 132 valence electrons. The molecule has 2 N–H and O–H groups in total. The number of nitriles is 2. The number of hydrogen-bond donors (Lipinski definition) is 2. The molecule has 0 fully saturated rings. The highest BCUT2D eigenvalue weighted by Gasteiger charge is 2.13. The van der Waals surface area contributed by atoms with Crippen LogP contribution in [0.2, 0.25) is 0 Å². The minimum Gasteiger partial charge on any atom is -0.330 e. The molecule has 0 unspecified atom stereocenters. The van der Waals surface area contributed by atoms with Crippen LogP contribution in [0, 0.1) is 22.7 Å². The molecule has 0 aliphatic rings. The van der Waals surface area contributed by atoms with E-state index in [-0.39, 0.29) is 5.91 Å². The molecule has 1 amide bonds. The van der Waals surface area contributed by atoms with E-state index in [0.717, 1.165) is 5.69 Å². The Balaban J connectivity index is 1.78. The fraction of sp³-hybridized carbons (Fsp3) is 0.0556. The monoisotopic (exact) mass is 392 g/mol. The fourth-order valence-electron chi connectivity index (χ4n) is 2.21. The Morgan fingerprint density at radius 1 is 1.07 bits per heavy atom. The second-order valence-electron chi connectivity index (χ2n) is 5.27. The first-order valence-corrected chi connectivity index (χ1v) is 9.31. The van der Waals surface area contributed by atoms with Gasteiger partial charge in [0.15, 0.2) is 4.34 Å². The Morgan fingerprint density at radius 2 is 1.74 bits per heavy atom. The van der Waals surface area contributed by atoms with E-state index in [1.165, 1.54) is 30.0 Å². The summed E-state index contributed by atoms with van der Waals surface area (Å²) in [5.41, 5.74) is 2.27. The summed E-state index contributed by atoms with van der Waals surface area (Å²) in [4.78, 5) is 11.7. The highest BCUT2D eigenvalue weighted by atomic mass is 32.2. The molecule has 0 spiro atoms. The van der Waals surface area contributed by atoms with Crippen molar-refractivity contribution < 1.29 is 4.79 Å². The normalized spacial score (nSPS) is 9.89. The maximum atomic E-state index is 11.2. The molecule has 0 saturated carbocycles. The number of aromatic nitrogens is 2. The van der Waals surface area contributed by atoms with Gasteiger partial charge in [0.2, 0.25) is 11.0 Å². The molecule has 3 rings (SSSR count). The molecule has 2 aromatic carbocycles. The first kappa shape index (κ1) is 18.4. The van der Waals surface area contributed by atoms with Gasteiger partial charge >= 0.3 is 0 Å². The highest BCUT2D eigenvalue weighted by Crippen LogP contribution is 2.36. The summed E-state index contributed by atoms with van der Waals surface area (Å²) in [6.45, 7) is 1.45. The van der Waals surface area contributed by atoms with Gasteiger partial charge in [-0.2, -0.15) is 10.5 Å².